The van der Waals surface area contributed by atoms with E-state index in [1.165, 1.54) is 0 Å². The maximum Gasteiger partial charge on any atom is 0.227 e. The third kappa shape index (κ3) is 2.25. The summed E-state index contributed by atoms with van der Waals surface area (Å²) in [5, 5.41) is 4.07. The maximum absolute atomic E-state index is 12.2. The highest BCUT2D eigenvalue weighted by molar-refractivity contribution is 6.31. The second-order valence-corrected chi connectivity index (χ2v) is 5.65. The molecule has 2 heterocycles. The molecule has 1 aromatic carbocycles. The minimum atomic E-state index is 0.206. The average molecular weight is 265 g/mol. The summed E-state index contributed by atoms with van der Waals surface area (Å²) in [6.45, 7) is 3.92. The molecule has 2 fully saturated rings. The average Bonchev–Trinajstić information content (AvgIpc) is 2.92. The molecule has 4 heteroatoms. The van der Waals surface area contributed by atoms with E-state index in [1.807, 2.05) is 29.2 Å². The van der Waals surface area contributed by atoms with Crippen LogP contribution in [0.1, 0.15) is 5.56 Å². The van der Waals surface area contributed by atoms with E-state index in [1.54, 1.807) is 0 Å². The molecule has 1 N–H and O–H groups in total. The highest BCUT2D eigenvalue weighted by Gasteiger charge is 2.37. The summed E-state index contributed by atoms with van der Waals surface area (Å²) in [4.78, 5) is 14.2. The van der Waals surface area contributed by atoms with E-state index < -0.39 is 0 Å². The first-order chi connectivity index (χ1) is 8.74. The molecule has 0 saturated carbocycles. The molecule has 18 heavy (non-hydrogen) atoms. The first kappa shape index (κ1) is 12.0. The van der Waals surface area contributed by atoms with Crippen LogP contribution in [0.4, 0.5) is 0 Å². The topological polar surface area (TPSA) is 32.3 Å². The molecule has 0 aromatic heterocycles. The molecule has 3 rings (SSSR count). The number of fused-ring (bicyclic) bond motifs is 1. The van der Waals surface area contributed by atoms with Crippen LogP contribution >= 0.6 is 11.6 Å². The molecule has 0 spiro atoms. The largest absolute Gasteiger partial charge is 0.342 e. The summed E-state index contributed by atoms with van der Waals surface area (Å²) in [7, 11) is 0. The first-order valence-electron chi connectivity index (χ1n) is 6.46. The summed E-state index contributed by atoms with van der Waals surface area (Å²) in [5.41, 5.74) is 0.930. The second kappa shape index (κ2) is 4.90. The van der Waals surface area contributed by atoms with Crippen LogP contribution in [0.25, 0.3) is 0 Å². The Morgan fingerprint density at radius 2 is 1.94 bits per heavy atom. The Kier molecular flexibility index (Phi) is 3.27. The van der Waals surface area contributed by atoms with Gasteiger partial charge >= 0.3 is 0 Å². The van der Waals surface area contributed by atoms with Gasteiger partial charge in [0.2, 0.25) is 5.91 Å². The third-order valence-electron chi connectivity index (χ3n) is 4.04. The van der Waals surface area contributed by atoms with Gasteiger partial charge in [-0.1, -0.05) is 29.8 Å². The summed E-state index contributed by atoms with van der Waals surface area (Å²) in [6, 6.07) is 7.59. The molecule has 2 unspecified atom stereocenters. The molecule has 96 valence electrons. The minimum Gasteiger partial charge on any atom is -0.342 e. The standard InChI is InChI=1S/C14H17ClN2O/c15-13-4-2-1-3-10(13)5-14(18)17-8-11-6-16-7-12(11)9-17/h1-4,11-12,16H,5-9H2. The fraction of sp³-hybridized carbons (Fsp3) is 0.500. The molecule has 1 aromatic rings. The van der Waals surface area contributed by atoms with Gasteiger partial charge in [-0.2, -0.15) is 0 Å². The van der Waals surface area contributed by atoms with Crippen molar-refractivity contribution in [1.29, 1.82) is 0 Å². The Hall–Kier alpha value is -1.06. The Morgan fingerprint density at radius 1 is 1.28 bits per heavy atom. The number of halogens is 1. The lowest BCUT2D eigenvalue weighted by Crippen LogP contribution is -2.33. The Morgan fingerprint density at radius 3 is 2.61 bits per heavy atom. The van der Waals surface area contributed by atoms with Gasteiger partial charge in [-0.25, -0.2) is 0 Å². The fourth-order valence-corrected chi connectivity index (χ4v) is 3.18. The number of nitrogens with one attached hydrogen (secondary N) is 1. The molecule has 2 aliphatic rings. The zero-order valence-corrected chi connectivity index (χ0v) is 11.0. The van der Waals surface area contributed by atoms with Gasteiger partial charge < -0.3 is 10.2 Å². The monoisotopic (exact) mass is 264 g/mol. The Labute approximate surface area is 112 Å². The van der Waals surface area contributed by atoms with E-state index in [0.717, 1.165) is 31.7 Å². The highest BCUT2D eigenvalue weighted by atomic mass is 35.5. The number of amides is 1. The predicted octanol–water partition coefficient (Wildman–Crippen LogP) is 1.56. The number of hydrogen-bond acceptors (Lipinski definition) is 2. The van der Waals surface area contributed by atoms with Gasteiger partial charge in [-0.05, 0) is 23.5 Å². The van der Waals surface area contributed by atoms with Gasteiger partial charge in [0.15, 0.2) is 0 Å². The lowest BCUT2D eigenvalue weighted by molar-refractivity contribution is -0.129. The normalized spacial score (nSPS) is 26.4. The summed E-state index contributed by atoms with van der Waals surface area (Å²) >= 11 is 6.09. The van der Waals surface area contributed by atoms with Crippen molar-refractivity contribution in [3.05, 3.63) is 34.9 Å². The summed E-state index contributed by atoms with van der Waals surface area (Å²) in [6.07, 6.45) is 0.423. The number of carbonyl (C=O) groups excluding carboxylic acids is 1. The molecule has 1 amide bonds. The number of rotatable bonds is 2. The summed E-state index contributed by atoms with van der Waals surface area (Å²) in [5.74, 6) is 1.51. The lowest BCUT2D eigenvalue weighted by Gasteiger charge is -2.17. The molecule has 3 nitrogen and oxygen atoms in total. The van der Waals surface area contributed by atoms with Crippen LogP contribution in [0, 0.1) is 11.8 Å². The molecule has 0 aliphatic carbocycles. The minimum absolute atomic E-state index is 0.206. The van der Waals surface area contributed by atoms with Crippen molar-refractivity contribution >= 4 is 17.5 Å². The van der Waals surface area contributed by atoms with Crippen LogP contribution in [0.3, 0.4) is 0 Å². The van der Waals surface area contributed by atoms with Crippen LogP contribution < -0.4 is 5.32 Å². The number of likely N-dealkylation sites (tertiary alicyclic amines) is 1. The van der Waals surface area contributed by atoms with Crippen LogP contribution in [0.15, 0.2) is 24.3 Å². The van der Waals surface area contributed by atoms with Crippen molar-refractivity contribution < 1.29 is 4.79 Å². The molecule has 2 saturated heterocycles. The van der Waals surface area contributed by atoms with Crippen LogP contribution in [0.5, 0.6) is 0 Å². The van der Waals surface area contributed by atoms with Crippen molar-refractivity contribution in [3.63, 3.8) is 0 Å². The second-order valence-electron chi connectivity index (χ2n) is 5.25. The number of hydrogen-bond donors (Lipinski definition) is 1. The van der Waals surface area contributed by atoms with Gasteiger partial charge in [-0.3, -0.25) is 4.79 Å². The van der Waals surface area contributed by atoms with E-state index in [9.17, 15) is 4.79 Å². The van der Waals surface area contributed by atoms with E-state index in [-0.39, 0.29) is 5.91 Å². The van der Waals surface area contributed by atoms with Gasteiger partial charge in [0.1, 0.15) is 0 Å². The van der Waals surface area contributed by atoms with Gasteiger partial charge in [0.05, 0.1) is 6.42 Å². The van der Waals surface area contributed by atoms with E-state index in [0.29, 0.717) is 23.3 Å². The SMILES string of the molecule is O=C(Cc1ccccc1Cl)N1CC2CNCC2C1. The predicted molar refractivity (Wildman–Crippen MR) is 71.6 cm³/mol. The molecular weight excluding hydrogens is 248 g/mol. The quantitative estimate of drug-likeness (QED) is 0.879. The first-order valence-corrected chi connectivity index (χ1v) is 6.84. The fourth-order valence-electron chi connectivity index (χ4n) is 2.98. The van der Waals surface area contributed by atoms with Crippen LogP contribution in [-0.2, 0) is 11.2 Å². The van der Waals surface area contributed by atoms with Crippen molar-refractivity contribution in [2.75, 3.05) is 26.2 Å². The maximum atomic E-state index is 12.2. The van der Waals surface area contributed by atoms with E-state index in [4.69, 9.17) is 11.6 Å². The van der Waals surface area contributed by atoms with Crippen LogP contribution in [-0.4, -0.2) is 37.0 Å². The Balaban J connectivity index is 1.64. The highest BCUT2D eigenvalue weighted by Crippen LogP contribution is 2.27. The van der Waals surface area contributed by atoms with Gasteiger partial charge in [0.25, 0.3) is 0 Å². The van der Waals surface area contributed by atoms with Gasteiger partial charge in [-0.15, -0.1) is 0 Å². The molecule has 2 aliphatic heterocycles. The van der Waals surface area contributed by atoms with Crippen LogP contribution in [0.2, 0.25) is 5.02 Å². The number of carbonyl (C=O) groups is 1. The molecule has 0 bridgehead atoms. The van der Waals surface area contributed by atoms with E-state index >= 15 is 0 Å². The molecule has 0 radical (unpaired) electrons. The number of nitrogens with zero attached hydrogens (tertiary/aromatic N) is 1. The molecular formula is C14H17ClN2O. The number of benzene rings is 1. The zero-order chi connectivity index (χ0) is 12.5. The van der Waals surface area contributed by atoms with Crippen molar-refractivity contribution in [2.45, 2.75) is 6.42 Å². The smallest absolute Gasteiger partial charge is 0.227 e. The van der Waals surface area contributed by atoms with Crippen molar-refractivity contribution in [3.8, 4) is 0 Å². The Bertz CT molecular complexity index is 451. The zero-order valence-electron chi connectivity index (χ0n) is 10.2. The third-order valence-corrected chi connectivity index (χ3v) is 4.41. The van der Waals surface area contributed by atoms with Crippen molar-refractivity contribution in [2.24, 2.45) is 11.8 Å². The van der Waals surface area contributed by atoms with E-state index in [2.05, 4.69) is 5.32 Å². The summed E-state index contributed by atoms with van der Waals surface area (Å²) < 4.78 is 0. The lowest BCUT2D eigenvalue weighted by atomic mass is 10.0. The molecule has 2 atom stereocenters. The van der Waals surface area contributed by atoms with Gasteiger partial charge in [0, 0.05) is 31.2 Å². The van der Waals surface area contributed by atoms with Crippen molar-refractivity contribution in [1.82, 2.24) is 10.2 Å².